The highest BCUT2D eigenvalue weighted by Gasteiger charge is 2.39. The lowest BCUT2D eigenvalue weighted by molar-refractivity contribution is -0.117. The zero-order valence-electron chi connectivity index (χ0n) is 7.70. The average molecular weight is 256 g/mol. The van der Waals surface area contributed by atoms with Crippen LogP contribution in [0.5, 0.6) is 0 Å². The summed E-state index contributed by atoms with van der Waals surface area (Å²) in [5.74, 6) is 1.24. The summed E-state index contributed by atoms with van der Waals surface area (Å²) in [6, 6.07) is 0. The van der Waals surface area contributed by atoms with E-state index in [9.17, 15) is 4.79 Å². The number of carbonyl (C=O) groups is 1. The predicted octanol–water partition coefficient (Wildman–Crippen LogP) is 1.83. The number of hydrogen-bond acceptors (Lipinski definition) is 3. The maximum Gasteiger partial charge on any atom is 0.228 e. The Morgan fingerprint density at radius 1 is 1.57 bits per heavy atom. The van der Waals surface area contributed by atoms with Gasteiger partial charge in [0, 0.05) is 5.92 Å². The fourth-order valence-corrected chi connectivity index (χ4v) is 1.49. The van der Waals surface area contributed by atoms with E-state index in [0.717, 1.165) is 6.42 Å². The number of nitrogens with zero attached hydrogens (tertiary/aromatic N) is 2. The van der Waals surface area contributed by atoms with Gasteiger partial charge in [0.1, 0.15) is 4.60 Å². The summed E-state index contributed by atoms with van der Waals surface area (Å²) < 4.78 is 0.662. The molecule has 74 valence electrons. The van der Waals surface area contributed by atoms with E-state index in [1.165, 1.54) is 6.20 Å². The molecule has 2 atom stereocenters. The zero-order valence-corrected chi connectivity index (χ0v) is 9.28. The van der Waals surface area contributed by atoms with Gasteiger partial charge < -0.3 is 5.32 Å². The molecule has 14 heavy (non-hydrogen) atoms. The molecule has 0 unspecified atom stereocenters. The van der Waals surface area contributed by atoms with Crippen molar-refractivity contribution in [2.24, 2.45) is 11.8 Å². The SMILES string of the molecule is C[C@@H]1C[C@@H]1C(=O)Nc1cnc(Br)cn1. The molecule has 1 aromatic heterocycles. The molecule has 1 saturated carbocycles. The van der Waals surface area contributed by atoms with Crippen LogP contribution in [-0.4, -0.2) is 15.9 Å². The van der Waals surface area contributed by atoms with E-state index in [1.54, 1.807) is 6.20 Å². The summed E-state index contributed by atoms with van der Waals surface area (Å²) in [6.45, 7) is 2.07. The lowest BCUT2D eigenvalue weighted by atomic mass is 10.3. The molecule has 4 nitrogen and oxygen atoms in total. The topological polar surface area (TPSA) is 54.9 Å². The molecule has 2 rings (SSSR count). The van der Waals surface area contributed by atoms with Crippen molar-refractivity contribution in [3.8, 4) is 0 Å². The van der Waals surface area contributed by atoms with Gasteiger partial charge >= 0.3 is 0 Å². The third kappa shape index (κ3) is 2.09. The van der Waals surface area contributed by atoms with Crippen molar-refractivity contribution in [1.29, 1.82) is 0 Å². The molecule has 1 N–H and O–H groups in total. The molecule has 0 radical (unpaired) electrons. The summed E-state index contributed by atoms with van der Waals surface area (Å²) in [7, 11) is 0. The zero-order chi connectivity index (χ0) is 10.1. The minimum absolute atomic E-state index is 0.0501. The van der Waals surface area contributed by atoms with Crippen LogP contribution in [0, 0.1) is 11.8 Å². The first-order valence-corrected chi connectivity index (χ1v) is 5.24. The highest BCUT2D eigenvalue weighted by molar-refractivity contribution is 9.10. The van der Waals surface area contributed by atoms with Gasteiger partial charge in [0.05, 0.1) is 12.4 Å². The van der Waals surface area contributed by atoms with E-state index < -0.39 is 0 Å². The minimum atomic E-state index is 0.0501. The van der Waals surface area contributed by atoms with E-state index >= 15 is 0 Å². The van der Waals surface area contributed by atoms with Gasteiger partial charge in [0.2, 0.25) is 5.91 Å². The Labute approximate surface area is 90.3 Å². The van der Waals surface area contributed by atoms with Gasteiger partial charge in [-0.05, 0) is 28.3 Å². The molecule has 0 saturated heterocycles. The monoisotopic (exact) mass is 255 g/mol. The highest BCUT2D eigenvalue weighted by Crippen LogP contribution is 2.38. The Morgan fingerprint density at radius 2 is 2.29 bits per heavy atom. The largest absolute Gasteiger partial charge is 0.309 e. The first-order valence-electron chi connectivity index (χ1n) is 4.45. The number of amides is 1. The molecule has 0 aromatic carbocycles. The van der Waals surface area contributed by atoms with E-state index in [4.69, 9.17) is 0 Å². The van der Waals surface area contributed by atoms with E-state index in [2.05, 4.69) is 38.1 Å². The molecule has 1 aromatic rings. The third-order valence-electron chi connectivity index (χ3n) is 2.32. The number of carbonyl (C=O) groups excluding carboxylic acids is 1. The molecule has 0 spiro atoms. The lowest BCUT2D eigenvalue weighted by Gasteiger charge is -2.01. The van der Waals surface area contributed by atoms with Gasteiger partial charge in [-0.2, -0.15) is 0 Å². The first kappa shape index (κ1) is 9.58. The Hall–Kier alpha value is -0.970. The van der Waals surface area contributed by atoms with Crippen LogP contribution >= 0.6 is 15.9 Å². The maximum absolute atomic E-state index is 11.5. The van der Waals surface area contributed by atoms with Gasteiger partial charge in [0.25, 0.3) is 0 Å². The quantitative estimate of drug-likeness (QED) is 0.878. The molecule has 5 heteroatoms. The second kappa shape index (κ2) is 3.65. The van der Waals surface area contributed by atoms with Gasteiger partial charge in [-0.25, -0.2) is 9.97 Å². The lowest BCUT2D eigenvalue weighted by Crippen LogP contribution is -2.15. The molecule has 1 amide bonds. The van der Waals surface area contributed by atoms with Gasteiger partial charge in [-0.15, -0.1) is 0 Å². The van der Waals surface area contributed by atoms with Crippen LogP contribution in [0.2, 0.25) is 0 Å². The van der Waals surface area contributed by atoms with Crippen molar-refractivity contribution in [2.45, 2.75) is 13.3 Å². The fourth-order valence-electron chi connectivity index (χ4n) is 1.28. The highest BCUT2D eigenvalue weighted by atomic mass is 79.9. The molecule has 1 aliphatic carbocycles. The van der Waals surface area contributed by atoms with Crippen LogP contribution in [-0.2, 0) is 4.79 Å². The van der Waals surface area contributed by atoms with Gasteiger partial charge in [-0.3, -0.25) is 4.79 Å². The van der Waals surface area contributed by atoms with Crippen LogP contribution in [0.15, 0.2) is 17.0 Å². The second-order valence-corrected chi connectivity index (χ2v) is 4.35. The van der Waals surface area contributed by atoms with Crippen LogP contribution in [0.4, 0.5) is 5.82 Å². The fraction of sp³-hybridized carbons (Fsp3) is 0.444. The smallest absolute Gasteiger partial charge is 0.228 e. The number of anilines is 1. The Bertz CT molecular complexity index is 352. The van der Waals surface area contributed by atoms with Crippen molar-refractivity contribution < 1.29 is 4.79 Å². The maximum atomic E-state index is 11.5. The number of aromatic nitrogens is 2. The van der Waals surface area contributed by atoms with Crippen LogP contribution in [0.3, 0.4) is 0 Å². The molecule has 1 fully saturated rings. The van der Waals surface area contributed by atoms with E-state index in [1.807, 2.05) is 0 Å². The number of hydrogen-bond donors (Lipinski definition) is 1. The molecule has 0 bridgehead atoms. The Kier molecular flexibility index (Phi) is 2.50. The predicted molar refractivity (Wildman–Crippen MR) is 55.6 cm³/mol. The van der Waals surface area contributed by atoms with E-state index in [0.29, 0.717) is 16.3 Å². The normalized spacial score (nSPS) is 24.4. The third-order valence-corrected chi connectivity index (χ3v) is 2.73. The van der Waals surface area contributed by atoms with Crippen molar-refractivity contribution in [3.05, 3.63) is 17.0 Å². The average Bonchev–Trinajstić information content (AvgIpc) is 2.87. The van der Waals surface area contributed by atoms with Crippen LogP contribution < -0.4 is 5.32 Å². The summed E-state index contributed by atoms with van der Waals surface area (Å²) in [4.78, 5) is 19.5. The molecule has 1 aliphatic rings. The van der Waals surface area contributed by atoms with Crippen molar-refractivity contribution >= 4 is 27.7 Å². The number of halogens is 1. The first-order chi connectivity index (χ1) is 6.66. The minimum Gasteiger partial charge on any atom is -0.309 e. The summed E-state index contributed by atoms with van der Waals surface area (Å²) in [5.41, 5.74) is 0. The van der Waals surface area contributed by atoms with Gasteiger partial charge in [0.15, 0.2) is 5.82 Å². The Morgan fingerprint density at radius 3 is 2.79 bits per heavy atom. The molecular weight excluding hydrogens is 246 g/mol. The number of rotatable bonds is 2. The standard InChI is InChI=1S/C9H10BrN3O/c1-5-2-6(5)9(14)13-8-4-11-7(10)3-12-8/h3-6H,2H2,1H3,(H,12,13,14)/t5-,6+/m1/s1. The van der Waals surface area contributed by atoms with Crippen LogP contribution in [0.1, 0.15) is 13.3 Å². The molecular formula is C9H10BrN3O. The Balaban J connectivity index is 1.97. The second-order valence-electron chi connectivity index (χ2n) is 3.53. The van der Waals surface area contributed by atoms with Crippen LogP contribution in [0.25, 0.3) is 0 Å². The summed E-state index contributed by atoms with van der Waals surface area (Å²) in [5, 5.41) is 2.73. The van der Waals surface area contributed by atoms with Crippen molar-refractivity contribution in [1.82, 2.24) is 9.97 Å². The van der Waals surface area contributed by atoms with E-state index in [-0.39, 0.29) is 11.8 Å². The van der Waals surface area contributed by atoms with Crippen molar-refractivity contribution in [2.75, 3.05) is 5.32 Å². The molecule has 0 aliphatic heterocycles. The van der Waals surface area contributed by atoms with Gasteiger partial charge in [-0.1, -0.05) is 6.92 Å². The number of nitrogens with one attached hydrogen (secondary N) is 1. The van der Waals surface area contributed by atoms with Crippen molar-refractivity contribution in [3.63, 3.8) is 0 Å². The molecule has 1 heterocycles. The summed E-state index contributed by atoms with van der Waals surface area (Å²) >= 11 is 3.18. The summed E-state index contributed by atoms with van der Waals surface area (Å²) in [6.07, 6.45) is 4.08.